The fourth-order valence-electron chi connectivity index (χ4n) is 2.16. The van der Waals surface area contributed by atoms with E-state index in [2.05, 4.69) is 10.1 Å². The van der Waals surface area contributed by atoms with Gasteiger partial charge in [0, 0.05) is 28.3 Å². The smallest absolute Gasteiger partial charge is 0.266 e. The number of aromatic nitrogens is 3. The lowest BCUT2D eigenvalue weighted by molar-refractivity contribution is -0.119. The first-order valence-electron chi connectivity index (χ1n) is 8.00. The second-order valence-corrected chi connectivity index (χ2v) is 8.40. The second kappa shape index (κ2) is 7.05. The van der Waals surface area contributed by atoms with E-state index in [1.165, 1.54) is 17.4 Å². The van der Waals surface area contributed by atoms with Gasteiger partial charge in [-0.25, -0.2) is 4.68 Å². The number of carbonyl (C=O) groups excluding carboxylic acids is 1. The van der Waals surface area contributed by atoms with Crippen molar-refractivity contribution in [2.24, 2.45) is 5.41 Å². The zero-order valence-electron chi connectivity index (χ0n) is 14.6. The molecule has 0 atom stereocenters. The van der Waals surface area contributed by atoms with Crippen LogP contribution in [0.25, 0.3) is 17.8 Å². The molecular formula is C19H18ClN3O2S. The Balaban J connectivity index is 1.94. The summed E-state index contributed by atoms with van der Waals surface area (Å²) in [4.78, 5) is 27.0. The maximum absolute atomic E-state index is 12.1. The van der Waals surface area contributed by atoms with Crippen LogP contribution in [0.1, 0.15) is 26.3 Å². The minimum atomic E-state index is -0.482. The van der Waals surface area contributed by atoms with Gasteiger partial charge in [-0.1, -0.05) is 32.4 Å². The van der Waals surface area contributed by atoms with Crippen molar-refractivity contribution in [2.45, 2.75) is 20.8 Å². The van der Waals surface area contributed by atoms with Crippen molar-refractivity contribution in [3.05, 3.63) is 66.8 Å². The second-order valence-electron chi connectivity index (χ2n) is 6.88. The normalized spacial score (nSPS) is 13.4. The van der Waals surface area contributed by atoms with Gasteiger partial charge in [-0.2, -0.15) is 5.10 Å². The molecule has 0 saturated heterocycles. The van der Waals surface area contributed by atoms with E-state index in [4.69, 9.17) is 11.6 Å². The molecule has 1 N–H and O–H groups in total. The van der Waals surface area contributed by atoms with Gasteiger partial charge in [-0.15, -0.1) is 11.3 Å². The van der Waals surface area contributed by atoms with Gasteiger partial charge in [0.25, 0.3) is 5.56 Å². The van der Waals surface area contributed by atoms with Gasteiger partial charge in [-0.05, 0) is 30.3 Å². The highest BCUT2D eigenvalue weighted by molar-refractivity contribution is 7.07. The Morgan fingerprint density at radius 3 is 2.62 bits per heavy atom. The molecule has 0 amide bonds. The summed E-state index contributed by atoms with van der Waals surface area (Å²) in [6, 6.07) is 7.31. The van der Waals surface area contributed by atoms with Crippen LogP contribution in [0.4, 0.5) is 0 Å². The number of ketones is 1. The van der Waals surface area contributed by atoms with Gasteiger partial charge < -0.3 is 4.98 Å². The lowest BCUT2D eigenvalue weighted by Crippen LogP contribution is -2.22. The number of aromatic amines is 1. The van der Waals surface area contributed by atoms with Crippen molar-refractivity contribution >= 4 is 40.9 Å². The zero-order valence-corrected chi connectivity index (χ0v) is 16.2. The van der Waals surface area contributed by atoms with Crippen LogP contribution >= 0.6 is 22.9 Å². The van der Waals surface area contributed by atoms with Crippen molar-refractivity contribution < 1.29 is 4.79 Å². The first-order valence-corrected chi connectivity index (χ1v) is 9.19. The third kappa shape index (κ3) is 4.20. The quantitative estimate of drug-likeness (QED) is 0.750. The largest absolute Gasteiger partial charge is 0.313 e. The summed E-state index contributed by atoms with van der Waals surface area (Å²) < 4.78 is 2.78. The van der Waals surface area contributed by atoms with E-state index in [-0.39, 0.29) is 11.3 Å². The van der Waals surface area contributed by atoms with Crippen LogP contribution in [0.2, 0.25) is 5.02 Å². The summed E-state index contributed by atoms with van der Waals surface area (Å²) in [6.07, 6.45) is 6.74. The number of nitrogens with one attached hydrogen (secondary N) is 1. The number of hydrogen-bond acceptors (Lipinski definition) is 4. The fourth-order valence-corrected chi connectivity index (χ4v) is 3.17. The molecule has 0 aliphatic rings. The molecule has 26 heavy (non-hydrogen) atoms. The van der Waals surface area contributed by atoms with Crippen molar-refractivity contribution in [3.8, 4) is 5.69 Å². The summed E-state index contributed by atoms with van der Waals surface area (Å²) >= 11 is 7.15. The maximum Gasteiger partial charge on any atom is 0.266 e. The predicted octanol–water partition coefficient (Wildman–Crippen LogP) is 2.50. The van der Waals surface area contributed by atoms with Gasteiger partial charge in [0.1, 0.15) is 0 Å². The molecule has 5 nitrogen and oxygen atoms in total. The molecule has 3 aromatic rings. The first kappa shape index (κ1) is 18.4. The van der Waals surface area contributed by atoms with Gasteiger partial charge in [-0.3, -0.25) is 9.59 Å². The summed E-state index contributed by atoms with van der Waals surface area (Å²) in [5.74, 6) is -0.0305. The fraction of sp³-hybridized carbons (Fsp3) is 0.211. The molecule has 0 radical (unpaired) electrons. The van der Waals surface area contributed by atoms with E-state index < -0.39 is 5.41 Å². The van der Waals surface area contributed by atoms with Crippen molar-refractivity contribution in [3.63, 3.8) is 0 Å². The average Bonchev–Trinajstić information content (AvgIpc) is 3.15. The number of H-pyrrole nitrogens is 1. The van der Waals surface area contributed by atoms with Crippen molar-refractivity contribution in [1.29, 1.82) is 0 Å². The highest BCUT2D eigenvalue weighted by Gasteiger charge is 2.18. The van der Waals surface area contributed by atoms with E-state index in [0.717, 1.165) is 11.3 Å². The Bertz CT molecular complexity index is 1120. The molecule has 134 valence electrons. The number of rotatable bonds is 3. The summed E-state index contributed by atoms with van der Waals surface area (Å²) in [7, 11) is 0. The minimum absolute atomic E-state index is 0.0305. The highest BCUT2D eigenvalue weighted by atomic mass is 35.5. The number of thiazole rings is 1. The maximum atomic E-state index is 12.1. The van der Waals surface area contributed by atoms with Gasteiger partial charge in [0.05, 0.1) is 21.1 Å². The predicted molar refractivity (Wildman–Crippen MR) is 105 cm³/mol. The van der Waals surface area contributed by atoms with Crippen LogP contribution in [-0.4, -0.2) is 20.5 Å². The first-order chi connectivity index (χ1) is 12.2. The average molecular weight is 388 g/mol. The summed E-state index contributed by atoms with van der Waals surface area (Å²) in [5.41, 5.74) is 0.965. The zero-order chi connectivity index (χ0) is 18.9. The van der Waals surface area contributed by atoms with Crippen LogP contribution in [-0.2, 0) is 4.79 Å². The number of benzene rings is 1. The van der Waals surface area contributed by atoms with Crippen molar-refractivity contribution in [2.75, 3.05) is 0 Å². The Labute approximate surface area is 159 Å². The van der Waals surface area contributed by atoms with E-state index in [1.54, 1.807) is 29.1 Å². The third-order valence-electron chi connectivity index (χ3n) is 3.67. The Kier molecular flexibility index (Phi) is 4.98. The van der Waals surface area contributed by atoms with E-state index in [1.807, 2.05) is 39.1 Å². The topological polar surface area (TPSA) is 67.8 Å². The van der Waals surface area contributed by atoms with Gasteiger partial charge in [0.2, 0.25) is 0 Å². The molecule has 2 heterocycles. The third-order valence-corrected chi connectivity index (χ3v) is 4.89. The standard InChI is InChI=1S/C19H18ClN3O2S/c1-19(2,3)16(24)9-17-22-18(25)15(26-17)8-12-10-21-23(11-12)14-6-4-13(20)5-7-14/h4-11H,1-3H3,(H,22,25)/b15-8+,17-9+. The van der Waals surface area contributed by atoms with E-state index in [9.17, 15) is 9.59 Å². The van der Waals surface area contributed by atoms with Crippen LogP contribution in [0, 0.1) is 5.41 Å². The molecule has 0 fully saturated rings. The lowest BCUT2D eigenvalue weighted by Gasteiger charge is -2.12. The Hall–Kier alpha value is -2.44. The monoisotopic (exact) mass is 387 g/mol. The molecule has 0 aliphatic carbocycles. The van der Waals surface area contributed by atoms with Crippen LogP contribution in [0.3, 0.4) is 0 Å². The van der Waals surface area contributed by atoms with Gasteiger partial charge in [0.15, 0.2) is 5.78 Å². The number of hydrogen-bond donors (Lipinski definition) is 1. The number of Topliss-reactive ketones (excluding diaryl/α,β-unsaturated/α-hetero) is 1. The molecule has 7 heteroatoms. The molecule has 0 unspecified atom stereocenters. The van der Waals surface area contributed by atoms with Crippen LogP contribution in [0.5, 0.6) is 0 Å². The molecule has 0 spiro atoms. The Morgan fingerprint density at radius 2 is 1.96 bits per heavy atom. The highest BCUT2D eigenvalue weighted by Crippen LogP contribution is 2.15. The van der Waals surface area contributed by atoms with Crippen molar-refractivity contribution in [1.82, 2.24) is 14.8 Å². The minimum Gasteiger partial charge on any atom is -0.313 e. The Morgan fingerprint density at radius 1 is 1.27 bits per heavy atom. The van der Waals surface area contributed by atoms with Gasteiger partial charge >= 0.3 is 0 Å². The SMILES string of the molecule is CC(C)(C)C(=O)/C=c1\[nH]c(=O)/c(=C\c2cnn(-c3ccc(Cl)cc3)c2)s1. The number of halogens is 1. The molecule has 0 saturated carbocycles. The summed E-state index contributed by atoms with van der Waals surface area (Å²) in [5, 5.41) is 4.96. The van der Waals surface area contributed by atoms with Crippen LogP contribution in [0.15, 0.2) is 41.5 Å². The molecule has 0 aliphatic heterocycles. The van der Waals surface area contributed by atoms with E-state index in [0.29, 0.717) is 14.2 Å². The molecule has 0 bridgehead atoms. The lowest BCUT2D eigenvalue weighted by atomic mass is 9.91. The molecule has 1 aromatic carbocycles. The summed E-state index contributed by atoms with van der Waals surface area (Å²) in [6.45, 7) is 5.53. The molecule has 2 aromatic heterocycles. The molecular weight excluding hydrogens is 370 g/mol. The number of carbonyl (C=O) groups is 1. The van der Waals surface area contributed by atoms with E-state index >= 15 is 0 Å². The number of nitrogens with zero attached hydrogens (tertiary/aromatic N) is 2. The molecule has 3 rings (SSSR count). The van der Waals surface area contributed by atoms with Crippen LogP contribution < -0.4 is 14.8 Å².